The standard InChI is InChI=1S/C8H10O2.2C5H11NO2/c9-7-5-3-1-2-4-6-8-10;2*1-3-6-5(7)8-4-2/h9-10H,5-8H2;2*3-4H2,1-2H3,(H,6,7). The van der Waals surface area contributed by atoms with Gasteiger partial charge < -0.3 is 30.3 Å². The molecule has 150 valence electrons. The second-order valence-corrected chi connectivity index (χ2v) is 4.05. The van der Waals surface area contributed by atoms with Gasteiger partial charge in [0, 0.05) is 25.9 Å². The average molecular weight is 372 g/mol. The summed E-state index contributed by atoms with van der Waals surface area (Å²) in [4.78, 5) is 20.6. The highest BCUT2D eigenvalue weighted by Gasteiger charge is 1.93. The van der Waals surface area contributed by atoms with E-state index in [0.717, 1.165) is 0 Å². The minimum atomic E-state index is -0.338. The Morgan fingerprint density at radius 2 is 1.12 bits per heavy atom. The predicted octanol–water partition coefficient (Wildman–Crippen LogP) is 1.26. The number of hydrogen-bond acceptors (Lipinski definition) is 6. The van der Waals surface area contributed by atoms with E-state index in [-0.39, 0.29) is 25.4 Å². The molecule has 8 nitrogen and oxygen atoms in total. The maximum atomic E-state index is 10.3. The van der Waals surface area contributed by atoms with Gasteiger partial charge in [-0.3, -0.25) is 0 Å². The van der Waals surface area contributed by atoms with E-state index in [1.165, 1.54) is 0 Å². The number of amides is 2. The number of aliphatic hydroxyl groups excluding tert-OH is 2. The minimum absolute atomic E-state index is 0.0781. The Labute approximate surface area is 156 Å². The monoisotopic (exact) mass is 372 g/mol. The Hall–Kier alpha value is -2.42. The fraction of sp³-hybridized carbons (Fsp3) is 0.667. The highest BCUT2D eigenvalue weighted by molar-refractivity contribution is 5.67. The van der Waals surface area contributed by atoms with Gasteiger partial charge in [0.1, 0.15) is 0 Å². The largest absolute Gasteiger partial charge is 0.450 e. The van der Waals surface area contributed by atoms with Crippen molar-refractivity contribution in [1.82, 2.24) is 10.6 Å². The molecule has 0 rings (SSSR count). The lowest BCUT2D eigenvalue weighted by Crippen LogP contribution is -2.23. The summed E-state index contributed by atoms with van der Waals surface area (Å²) < 4.78 is 9.06. The van der Waals surface area contributed by atoms with Gasteiger partial charge in [-0.05, 0) is 39.5 Å². The first kappa shape index (κ1) is 28.4. The summed E-state index contributed by atoms with van der Waals surface area (Å²) in [6, 6.07) is 0. The SMILES string of the molecule is CCNC(=O)OCC.CCNC(=O)OCC.OCCC#CC#CCCO. The van der Waals surface area contributed by atoms with Crippen LogP contribution in [-0.2, 0) is 9.47 Å². The lowest BCUT2D eigenvalue weighted by atomic mass is 10.4. The number of carbonyl (C=O) groups is 2. The van der Waals surface area contributed by atoms with Crippen LogP contribution in [0.1, 0.15) is 40.5 Å². The third kappa shape index (κ3) is 33.2. The van der Waals surface area contributed by atoms with Crippen LogP contribution in [-0.4, -0.2) is 61.9 Å². The molecule has 0 aliphatic rings. The first-order chi connectivity index (χ1) is 12.5. The summed E-state index contributed by atoms with van der Waals surface area (Å²) in [6.45, 7) is 9.51. The highest BCUT2D eigenvalue weighted by atomic mass is 16.5. The third-order valence-electron chi connectivity index (χ3n) is 1.91. The minimum Gasteiger partial charge on any atom is -0.450 e. The normalized spacial score (nSPS) is 7.77. The van der Waals surface area contributed by atoms with E-state index in [4.69, 9.17) is 10.2 Å². The van der Waals surface area contributed by atoms with E-state index in [9.17, 15) is 9.59 Å². The number of alkyl carbamates (subject to hydrolysis) is 2. The van der Waals surface area contributed by atoms with Crippen molar-refractivity contribution in [2.24, 2.45) is 0 Å². The number of ether oxygens (including phenoxy) is 2. The van der Waals surface area contributed by atoms with E-state index >= 15 is 0 Å². The average Bonchev–Trinajstić information content (AvgIpc) is 2.60. The summed E-state index contributed by atoms with van der Waals surface area (Å²) >= 11 is 0. The van der Waals surface area contributed by atoms with Crippen molar-refractivity contribution in [2.75, 3.05) is 39.5 Å². The van der Waals surface area contributed by atoms with Gasteiger partial charge in [0.25, 0.3) is 0 Å². The molecule has 0 bridgehead atoms. The first-order valence-electron chi connectivity index (χ1n) is 8.52. The van der Waals surface area contributed by atoms with Gasteiger partial charge in [-0.15, -0.1) is 0 Å². The molecule has 0 fully saturated rings. The van der Waals surface area contributed by atoms with E-state index in [1.807, 2.05) is 13.8 Å². The molecule has 0 unspecified atom stereocenters. The van der Waals surface area contributed by atoms with Crippen molar-refractivity contribution in [3.63, 3.8) is 0 Å². The summed E-state index contributed by atoms with van der Waals surface area (Å²) in [7, 11) is 0. The molecule has 0 atom stereocenters. The summed E-state index contributed by atoms with van der Waals surface area (Å²) in [6.07, 6.45) is 0.256. The van der Waals surface area contributed by atoms with Gasteiger partial charge in [0.05, 0.1) is 26.4 Å². The van der Waals surface area contributed by atoms with Crippen molar-refractivity contribution in [3.05, 3.63) is 0 Å². The summed E-state index contributed by atoms with van der Waals surface area (Å²) in [5.74, 6) is 10.4. The molecule has 0 radical (unpaired) electrons. The van der Waals surface area contributed by atoms with Crippen LogP contribution < -0.4 is 10.6 Å². The van der Waals surface area contributed by atoms with Crippen LogP contribution in [0.15, 0.2) is 0 Å². The van der Waals surface area contributed by atoms with Crippen LogP contribution in [0, 0.1) is 23.7 Å². The second kappa shape index (κ2) is 27.4. The van der Waals surface area contributed by atoms with Crippen LogP contribution in [0.3, 0.4) is 0 Å². The zero-order valence-corrected chi connectivity index (χ0v) is 16.2. The van der Waals surface area contributed by atoms with Gasteiger partial charge in [-0.2, -0.15) is 0 Å². The molecule has 0 aromatic rings. The van der Waals surface area contributed by atoms with Crippen LogP contribution in [0.4, 0.5) is 9.59 Å². The summed E-state index contributed by atoms with van der Waals surface area (Å²) in [5.41, 5.74) is 0. The molecule has 0 aliphatic carbocycles. The fourth-order valence-corrected chi connectivity index (χ4v) is 0.978. The topological polar surface area (TPSA) is 117 Å². The van der Waals surface area contributed by atoms with E-state index < -0.39 is 0 Å². The van der Waals surface area contributed by atoms with Crippen LogP contribution in [0.2, 0.25) is 0 Å². The van der Waals surface area contributed by atoms with E-state index in [0.29, 0.717) is 39.1 Å². The predicted molar refractivity (Wildman–Crippen MR) is 100 cm³/mol. The number of aliphatic hydroxyl groups is 2. The van der Waals surface area contributed by atoms with E-state index in [1.54, 1.807) is 13.8 Å². The Morgan fingerprint density at radius 3 is 1.35 bits per heavy atom. The van der Waals surface area contributed by atoms with Gasteiger partial charge in [0.2, 0.25) is 0 Å². The Bertz CT molecular complexity index is 388. The van der Waals surface area contributed by atoms with Gasteiger partial charge in [0.15, 0.2) is 0 Å². The molecular weight excluding hydrogens is 340 g/mol. The lowest BCUT2D eigenvalue weighted by Gasteiger charge is -1.99. The molecule has 0 spiro atoms. The molecular formula is C18H32N2O6. The Kier molecular flexibility index (Phi) is 29.9. The van der Waals surface area contributed by atoms with Gasteiger partial charge >= 0.3 is 12.2 Å². The molecule has 0 aliphatic heterocycles. The lowest BCUT2D eigenvalue weighted by molar-refractivity contribution is 0.152. The van der Waals surface area contributed by atoms with Crippen molar-refractivity contribution in [2.45, 2.75) is 40.5 Å². The fourth-order valence-electron chi connectivity index (χ4n) is 0.978. The van der Waals surface area contributed by atoms with Crippen LogP contribution in [0.25, 0.3) is 0 Å². The molecule has 0 aromatic carbocycles. The van der Waals surface area contributed by atoms with Crippen LogP contribution in [0.5, 0.6) is 0 Å². The van der Waals surface area contributed by atoms with Crippen molar-refractivity contribution in [3.8, 4) is 23.7 Å². The molecule has 0 saturated heterocycles. The van der Waals surface area contributed by atoms with Gasteiger partial charge in [-0.25, -0.2) is 9.59 Å². The van der Waals surface area contributed by atoms with Crippen molar-refractivity contribution >= 4 is 12.2 Å². The molecule has 4 N–H and O–H groups in total. The Balaban J connectivity index is -0.000000308. The molecule has 0 saturated carbocycles. The highest BCUT2D eigenvalue weighted by Crippen LogP contribution is 1.73. The number of carbonyl (C=O) groups excluding carboxylic acids is 2. The molecule has 8 heteroatoms. The smallest absolute Gasteiger partial charge is 0.407 e. The molecule has 0 aromatic heterocycles. The molecule has 2 amide bonds. The molecule has 0 heterocycles. The zero-order valence-electron chi connectivity index (χ0n) is 16.2. The number of hydrogen-bond donors (Lipinski definition) is 4. The quantitative estimate of drug-likeness (QED) is 0.522. The number of rotatable bonds is 6. The Morgan fingerprint density at radius 1 is 0.769 bits per heavy atom. The summed E-state index contributed by atoms with van der Waals surface area (Å²) in [5, 5.41) is 21.5. The third-order valence-corrected chi connectivity index (χ3v) is 1.91. The van der Waals surface area contributed by atoms with Crippen molar-refractivity contribution < 1.29 is 29.3 Å². The van der Waals surface area contributed by atoms with Gasteiger partial charge in [-0.1, -0.05) is 11.8 Å². The maximum absolute atomic E-state index is 10.3. The number of nitrogens with one attached hydrogen (secondary N) is 2. The molecule has 26 heavy (non-hydrogen) atoms. The maximum Gasteiger partial charge on any atom is 0.407 e. The second-order valence-electron chi connectivity index (χ2n) is 4.05. The first-order valence-corrected chi connectivity index (χ1v) is 8.52. The zero-order chi connectivity index (χ0) is 20.5. The van der Waals surface area contributed by atoms with E-state index in [2.05, 4.69) is 43.8 Å². The van der Waals surface area contributed by atoms with Crippen molar-refractivity contribution in [1.29, 1.82) is 0 Å². The van der Waals surface area contributed by atoms with Crippen LogP contribution >= 0.6 is 0 Å².